The summed E-state index contributed by atoms with van der Waals surface area (Å²) < 4.78 is 5.38. The highest BCUT2D eigenvalue weighted by Crippen LogP contribution is 2.21. The van der Waals surface area contributed by atoms with Crippen LogP contribution in [0.5, 0.6) is 0 Å². The first-order valence-corrected chi connectivity index (χ1v) is 7.44. The van der Waals surface area contributed by atoms with Crippen LogP contribution in [0.1, 0.15) is 20.3 Å². The Labute approximate surface area is 116 Å². The minimum Gasteiger partial charge on any atom is -0.379 e. The SMILES string of the molecule is CC(C)C(CN)C(=O)N1CCC(N2CCOCC2)C1. The van der Waals surface area contributed by atoms with Crippen molar-refractivity contribution in [2.45, 2.75) is 26.3 Å². The average molecular weight is 269 g/mol. The van der Waals surface area contributed by atoms with Gasteiger partial charge < -0.3 is 15.4 Å². The molecule has 2 rings (SSSR count). The predicted molar refractivity (Wildman–Crippen MR) is 74.8 cm³/mol. The number of amides is 1. The summed E-state index contributed by atoms with van der Waals surface area (Å²) in [5.74, 6) is 0.539. The van der Waals surface area contributed by atoms with Crippen molar-refractivity contribution in [1.29, 1.82) is 0 Å². The maximum absolute atomic E-state index is 12.4. The maximum Gasteiger partial charge on any atom is 0.227 e. The van der Waals surface area contributed by atoms with E-state index in [1.165, 1.54) is 0 Å². The molecule has 2 unspecified atom stereocenters. The molecule has 0 radical (unpaired) electrons. The van der Waals surface area contributed by atoms with Crippen LogP contribution >= 0.6 is 0 Å². The van der Waals surface area contributed by atoms with Crippen molar-refractivity contribution in [2.24, 2.45) is 17.6 Å². The number of morpholine rings is 1. The lowest BCUT2D eigenvalue weighted by molar-refractivity contribution is -0.135. The molecule has 5 nitrogen and oxygen atoms in total. The Balaban J connectivity index is 1.88. The molecule has 0 aliphatic carbocycles. The molecule has 2 aliphatic heterocycles. The summed E-state index contributed by atoms with van der Waals surface area (Å²) in [4.78, 5) is 16.9. The Hall–Kier alpha value is -0.650. The minimum atomic E-state index is -0.0246. The van der Waals surface area contributed by atoms with Crippen molar-refractivity contribution in [3.8, 4) is 0 Å². The summed E-state index contributed by atoms with van der Waals surface area (Å²) >= 11 is 0. The smallest absolute Gasteiger partial charge is 0.227 e. The number of nitrogens with two attached hydrogens (primary N) is 1. The van der Waals surface area contributed by atoms with Crippen LogP contribution in [0.3, 0.4) is 0 Å². The molecule has 0 spiro atoms. The molecule has 2 saturated heterocycles. The average Bonchev–Trinajstić information content (AvgIpc) is 2.89. The number of rotatable bonds is 4. The van der Waals surface area contributed by atoms with Gasteiger partial charge in [-0.15, -0.1) is 0 Å². The molecule has 2 atom stereocenters. The lowest BCUT2D eigenvalue weighted by Gasteiger charge is -2.32. The van der Waals surface area contributed by atoms with Gasteiger partial charge in [-0.05, 0) is 12.3 Å². The standard InChI is InChI=1S/C14H27N3O2/c1-11(2)13(9-15)14(18)17-4-3-12(10-17)16-5-7-19-8-6-16/h11-13H,3-10,15H2,1-2H3. The number of ether oxygens (including phenoxy) is 1. The van der Waals surface area contributed by atoms with Gasteiger partial charge in [-0.2, -0.15) is 0 Å². The third kappa shape index (κ3) is 3.46. The van der Waals surface area contributed by atoms with Crippen molar-refractivity contribution in [3.63, 3.8) is 0 Å². The fourth-order valence-electron chi connectivity index (χ4n) is 3.08. The first-order valence-electron chi connectivity index (χ1n) is 7.44. The normalized spacial score (nSPS) is 26.9. The molecular formula is C14H27N3O2. The van der Waals surface area contributed by atoms with Gasteiger partial charge >= 0.3 is 0 Å². The quantitative estimate of drug-likeness (QED) is 0.789. The second kappa shape index (κ2) is 6.68. The molecule has 2 heterocycles. The molecule has 2 aliphatic rings. The van der Waals surface area contributed by atoms with Crippen LogP contribution in [0.4, 0.5) is 0 Å². The number of carbonyl (C=O) groups is 1. The van der Waals surface area contributed by atoms with E-state index in [0.29, 0.717) is 18.5 Å². The van der Waals surface area contributed by atoms with Crippen LogP contribution in [-0.2, 0) is 9.53 Å². The monoisotopic (exact) mass is 269 g/mol. The highest BCUT2D eigenvalue weighted by atomic mass is 16.5. The lowest BCUT2D eigenvalue weighted by atomic mass is 9.94. The van der Waals surface area contributed by atoms with E-state index in [0.717, 1.165) is 45.8 Å². The van der Waals surface area contributed by atoms with Gasteiger partial charge in [0.2, 0.25) is 5.91 Å². The van der Waals surface area contributed by atoms with E-state index in [9.17, 15) is 4.79 Å². The molecule has 0 aromatic heterocycles. The molecule has 1 amide bonds. The van der Waals surface area contributed by atoms with E-state index in [1.807, 2.05) is 4.90 Å². The molecule has 5 heteroatoms. The first kappa shape index (κ1) is 14.8. The summed E-state index contributed by atoms with van der Waals surface area (Å²) in [6.07, 6.45) is 1.08. The van der Waals surface area contributed by atoms with Crippen molar-refractivity contribution in [3.05, 3.63) is 0 Å². The zero-order valence-corrected chi connectivity index (χ0v) is 12.2. The topological polar surface area (TPSA) is 58.8 Å². The van der Waals surface area contributed by atoms with Crippen LogP contribution in [0.2, 0.25) is 0 Å². The van der Waals surface area contributed by atoms with Gasteiger partial charge in [-0.3, -0.25) is 9.69 Å². The summed E-state index contributed by atoms with van der Waals surface area (Å²) in [7, 11) is 0. The van der Waals surface area contributed by atoms with Gasteiger partial charge in [-0.1, -0.05) is 13.8 Å². The summed E-state index contributed by atoms with van der Waals surface area (Å²) in [5.41, 5.74) is 5.75. The highest BCUT2D eigenvalue weighted by molar-refractivity contribution is 5.79. The minimum absolute atomic E-state index is 0.0246. The number of hydrogen-bond acceptors (Lipinski definition) is 4. The lowest BCUT2D eigenvalue weighted by Crippen LogP contribution is -2.46. The third-order valence-corrected chi connectivity index (χ3v) is 4.41. The van der Waals surface area contributed by atoms with Crippen molar-refractivity contribution < 1.29 is 9.53 Å². The van der Waals surface area contributed by atoms with Gasteiger partial charge in [0.25, 0.3) is 0 Å². The van der Waals surface area contributed by atoms with Crippen LogP contribution in [-0.4, -0.2) is 67.7 Å². The third-order valence-electron chi connectivity index (χ3n) is 4.41. The summed E-state index contributed by atoms with van der Waals surface area (Å²) in [5, 5.41) is 0. The molecule has 0 aromatic rings. The van der Waals surface area contributed by atoms with Crippen molar-refractivity contribution >= 4 is 5.91 Å². The van der Waals surface area contributed by atoms with Crippen molar-refractivity contribution in [1.82, 2.24) is 9.80 Å². The van der Waals surface area contributed by atoms with Gasteiger partial charge in [0.15, 0.2) is 0 Å². The zero-order chi connectivity index (χ0) is 13.8. The Morgan fingerprint density at radius 1 is 1.32 bits per heavy atom. The number of nitrogens with zero attached hydrogens (tertiary/aromatic N) is 2. The number of likely N-dealkylation sites (tertiary alicyclic amines) is 1. The fraction of sp³-hybridized carbons (Fsp3) is 0.929. The van der Waals surface area contributed by atoms with Crippen LogP contribution in [0.25, 0.3) is 0 Å². The van der Waals surface area contributed by atoms with Crippen LogP contribution in [0, 0.1) is 11.8 Å². The number of carbonyl (C=O) groups excluding carboxylic acids is 1. The molecular weight excluding hydrogens is 242 g/mol. The second-order valence-electron chi connectivity index (χ2n) is 5.96. The van der Waals surface area contributed by atoms with E-state index in [4.69, 9.17) is 10.5 Å². The Bertz CT molecular complexity index is 303. The van der Waals surface area contributed by atoms with E-state index < -0.39 is 0 Å². The molecule has 2 N–H and O–H groups in total. The second-order valence-corrected chi connectivity index (χ2v) is 5.96. The van der Waals surface area contributed by atoms with Gasteiger partial charge in [0.1, 0.15) is 0 Å². The Morgan fingerprint density at radius 3 is 2.58 bits per heavy atom. The van der Waals surface area contributed by atoms with E-state index in [2.05, 4.69) is 18.7 Å². The molecule has 19 heavy (non-hydrogen) atoms. The molecule has 0 bridgehead atoms. The summed E-state index contributed by atoms with van der Waals surface area (Å²) in [6, 6.07) is 0.512. The molecule has 110 valence electrons. The van der Waals surface area contributed by atoms with Gasteiger partial charge in [-0.25, -0.2) is 0 Å². The Morgan fingerprint density at radius 2 is 2.00 bits per heavy atom. The van der Waals surface area contributed by atoms with Crippen LogP contribution in [0.15, 0.2) is 0 Å². The first-order chi connectivity index (χ1) is 9.13. The van der Waals surface area contributed by atoms with E-state index in [-0.39, 0.29) is 11.8 Å². The fourth-order valence-corrected chi connectivity index (χ4v) is 3.08. The molecule has 0 saturated carbocycles. The van der Waals surface area contributed by atoms with Gasteiger partial charge in [0, 0.05) is 38.8 Å². The van der Waals surface area contributed by atoms with Gasteiger partial charge in [0.05, 0.1) is 19.1 Å². The highest BCUT2D eigenvalue weighted by Gasteiger charge is 2.34. The predicted octanol–water partition coefficient (Wildman–Crippen LogP) is 0.150. The maximum atomic E-state index is 12.4. The summed E-state index contributed by atoms with van der Waals surface area (Å²) in [6.45, 7) is 9.98. The largest absolute Gasteiger partial charge is 0.379 e. The Kier molecular flexibility index (Phi) is 5.19. The zero-order valence-electron chi connectivity index (χ0n) is 12.2. The molecule has 0 aromatic carbocycles. The van der Waals surface area contributed by atoms with Crippen molar-refractivity contribution in [2.75, 3.05) is 45.9 Å². The van der Waals surface area contributed by atoms with E-state index in [1.54, 1.807) is 0 Å². The number of hydrogen-bond donors (Lipinski definition) is 1. The van der Waals surface area contributed by atoms with Crippen LogP contribution < -0.4 is 5.73 Å². The molecule has 2 fully saturated rings. The van der Waals surface area contributed by atoms with E-state index >= 15 is 0 Å².